The molecule has 0 saturated carbocycles. The Morgan fingerprint density at radius 2 is 1.97 bits per heavy atom. The lowest BCUT2D eigenvalue weighted by molar-refractivity contribution is -0.140. The molecule has 0 fully saturated rings. The van der Waals surface area contributed by atoms with Crippen molar-refractivity contribution in [1.82, 2.24) is 9.88 Å². The molecule has 0 spiro atoms. The average Bonchev–Trinajstić information content (AvgIpc) is 3.39. The molecule has 1 atom stereocenters. The molecule has 0 bridgehead atoms. The van der Waals surface area contributed by atoms with Gasteiger partial charge in [-0.15, -0.1) is 11.3 Å². The standard InChI is InChI=1S/C25H28N2O5S2/c1-17-21-6-3-4-7-23(21)33-25(17)34(30,31)15-5-11-26-12-14-32-20-8-9-22-19(16-20)10-13-27(22)18(2)24(28)29/h3-4,6-10,13,16,18,26H,5,11-12,14-15H2,1-2H3,(H,28,29). The molecule has 34 heavy (non-hydrogen) atoms. The highest BCUT2D eigenvalue weighted by Crippen LogP contribution is 2.34. The quantitative estimate of drug-likeness (QED) is 0.291. The molecule has 1 unspecified atom stereocenters. The minimum absolute atomic E-state index is 0.108. The topological polar surface area (TPSA) is 97.6 Å². The van der Waals surface area contributed by atoms with Gasteiger partial charge in [0.15, 0.2) is 9.84 Å². The second-order valence-corrected chi connectivity index (χ2v) is 11.6. The number of benzene rings is 2. The molecular weight excluding hydrogens is 472 g/mol. The number of carboxylic acids is 1. The number of hydrogen-bond donors (Lipinski definition) is 2. The van der Waals surface area contributed by atoms with Gasteiger partial charge in [-0.25, -0.2) is 13.2 Å². The summed E-state index contributed by atoms with van der Waals surface area (Å²) in [6.07, 6.45) is 2.29. The van der Waals surface area contributed by atoms with Gasteiger partial charge in [-0.1, -0.05) is 18.2 Å². The lowest BCUT2D eigenvalue weighted by Gasteiger charge is -2.11. The van der Waals surface area contributed by atoms with Crippen molar-refractivity contribution in [3.63, 3.8) is 0 Å². The smallest absolute Gasteiger partial charge is 0.326 e. The fraction of sp³-hybridized carbons (Fsp3) is 0.320. The Labute approximate surface area is 202 Å². The van der Waals surface area contributed by atoms with E-state index in [9.17, 15) is 18.3 Å². The van der Waals surface area contributed by atoms with Crippen LogP contribution in [0.15, 0.2) is 58.9 Å². The third kappa shape index (κ3) is 5.11. The molecule has 4 aromatic rings. The van der Waals surface area contributed by atoms with E-state index in [-0.39, 0.29) is 5.75 Å². The fourth-order valence-electron chi connectivity index (χ4n) is 3.98. The number of nitrogens with one attached hydrogen (secondary N) is 1. The summed E-state index contributed by atoms with van der Waals surface area (Å²) in [7, 11) is -3.31. The Morgan fingerprint density at radius 1 is 1.18 bits per heavy atom. The number of nitrogens with zero attached hydrogens (tertiary/aromatic N) is 1. The highest BCUT2D eigenvalue weighted by atomic mass is 32.2. The van der Waals surface area contributed by atoms with E-state index in [1.54, 1.807) is 17.7 Å². The molecule has 2 N–H and O–H groups in total. The molecule has 4 rings (SSSR count). The van der Waals surface area contributed by atoms with E-state index < -0.39 is 21.8 Å². The van der Waals surface area contributed by atoms with E-state index >= 15 is 0 Å². The number of carboxylic acid groups (broad SMARTS) is 1. The monoisotopic (exact) mass is 500 g/mol. The number of rotatable bonds is 11. The van der Waals surface area contributed by atoms with Crippen molar-refractivity contribution in [2.24, 2.45) is 0 Å². The molecule has 0 aliphatic heterocycles. The van der Waals surface area contributed by atoms with Crippen LogP contribution in [-0.4, -0.2) is 49.5 Å². The molecule has 0 saturated heterocycles. The van der Waals surface area contributed by atoms with Gasteiger partial charge in [0.2, 0.25) is 0 Å². The molecule has 0 aliphatic rings. The molecular formula is C25H28N2O5S2. The van der Waals surface area contributed by atoms with Gasteiger partial charge < -0.3 is 19.7 Å². The van der Waals surface area contributed by atoms with Gasteiger partial charge in [0.25, 0.3) is 0 Å². The van der Waals surface area contributed by atoms with E-state index in [0.717, 1.165) is 26.6 Å². The number of thiophene rings is 1. The summed E-state index contributed by atoms with van der Waals surface area (Å²) >= 11 is 1.35. The first-order valence-electron chi connectivity index (χ1n) is 11.2. The predicted octanol–water partition coefficient (Wildman–Crippen LogP) is 4.64. The van der Waals surface area contributed by atoms with E-state index in [2.05, 4.69) is 5.32 Å². The van der Waals surface area contributed by atoms with Crippen LogP contribution in [0.5, 0.6) is 5.75 Å². The summed E-state index contributed by atoms with van der Waals surface area (Å²) in [5.41, 5.74) is 1.68. The maximum Gasteiger partial charge on any atom is 0.326 e. The summed E-state index contributed by atoms with van der Waals surface area (Å²) in [6, 6.07) is 14.6. The Balaban J connectivity index is 1.22. The molecule has 9 heteroatoms. The number of carbonyl (C=O) groups is 1. The molecule has 2 aromatic heterocycles. The minimum atomic E-state index is -3.31. The Hall–Kier alpha value is -2.88. The van der Waals surface area contributed by atoms with Crippen LogP contribution in [0, 0.1) is 6.92 Å². The predicted molar refractivity (Wildman–Crippen MR) is 136 cm³/mol. The third-order valence-electron chi connectivity index (χ3n) is 5.86. The number of aliphatic carboxylic acids is 1. The van der Waals surface area contributed by atoms with Crippen LogP contribution >= 0.6 is 11.3 Å². The van der Waals surface area contributed by atoms with Gasteiger partial charge in [-0.3, -0.25) is 0 Å². The van der Waals surface area contributed by atoms with Crippen molar-refractivity contribution in [3.05, 3.63) is 60.3 Å². The maximum absolute atomic E-state index is 12.8. The Morgan fingerprint density at radius 3 is 2.74 bits per heavy atom. The largest absolute Gasteiger partial charge is 0.492 e. The molecule has 0 radical (unpaired) electrons. The highest BCUT2D eigenvalue weighted by molar-refractivity contribution is 7.93. The number of fused-ring (bicyclic) bond motifs is 2. The van der Waals surface area contributed by atoms with Crippen LogP contribution in [0.1, 0.15) is 24.9 Å². The van der Waals surface area contributed by atoms with Crippen molar-refractivity contribution < 1.29 is 23.1 Å². The van der Waals surface area contributed by atoms with Gasteiger partial charge in [-0.2, -0.15) is 0 Å². The van der Waals surface area contributed by atoms with Crippen LogP contribution in [-0.2, 0) is 14.6 Å². The van der Waals surface area contributed by atoms with Crippen molar-refractivity contribution >= 4 is 48.1 Å². The van der Waals surface area contributed by atoms with Crippen molar-refractivity contribution in [1.29, 1.82) is 0 Å². The first-order chi connectivity index (χ1) is 16.3. The molecule has 0 amide bonds. The summed E-state index contributed by atoms with van der Waals surface area (Å²) < 4.78 is 34.6. The van der Waals surface area contributed by atoms with Crippen molar-refractivity contribution in [2.75, 3.05) is 25.4 Å². The normalized spacial score (nSPS) is 12.9. The lowest BCUT2D eigenvalue weighted by atomic mass is 10.2. The number of hydrogen-bond acceptors (Lipinski definition) is 6. The number of sulfone groups is 1. The molecule has 2 heterocycles. The van der Waals surface area contributed by atoms with Crippen LogP contribution in [0.2, 0.25) is 0 Å². The van der Waals surface area contributed by atoms with E-state index in [1.165, 1.54) is 11.3 Å². The zero-order valence-corrected chi connectivity index (χ0v) is 20.8. The zero-order valence-electron chi connectivity index (χ0n) is 19.2. The van der Waals surface area contributed by atoms with Crippen molar-refractivity contribution in [3.8, 4) is 5.75 Å². The first kappa shape index (κ1) is 24.3. The van der Waals surface area contributed by atoms with Gasteiger partial charge >= 0.3 is 5.97 Å². The lowest BCUT2D eigenvalue weighted by Crippen LogP contribution is -2.23. The Bertz CT molecular complexity index is 1420. The van der Waals surface area contributed by atoms with Gasteiger partial charge in [-0.05, 0) is 68.1 Å². The van der Waals surface area contributed by atoms with Crippen molar-refractivity contribution in [2.45, 2.75) is 30.5 Å². The zero-order chi connectivity index (χ0) is 24.3. The number of aryl methyl sites for hydroxylation is 1. The van der Waals surface area contributed by atoms with Crippen LogP contribution in [0.25, 0.3) is 21.0 Å². The van der Waals surface area contributed by atoms with Gasteiger partial charge in [0.05, 0.1) is 5.75 Å². The third-order valence-corrected chi connectivity index (χ3v) is 9.64. The highest BCUT2D eigenvalue weighted by Gasteiger charge is 2.21. The van der Waals surface area contributed by atoms with E-state index in [1.807, 2.05) is 55.5 Å². The first-order valence-corrected chi connectivity index (χ1v) is 13.6. The average molecular weight is 501 g/mol. The minimum Gasteiger partial charge on any atom is -0.492 e. The molecule has 2 aromatic carbocycles. The summed E-state index contributed by atoms with van der Waals surface area (Å²) in [5, 5.41) is 14.4. The summed E-state index contributed by atoms with van der Waals surface area (Å²) in [6.45, 7) is 5.14. The van der Waals surface area contributed by atoms with E-state index in [0.29, 0.717) is 36.1 Å². The molecule has 7 nitrogen and oxygen atoms in total. The van der Waals surface area contributed by atoms with Crippen LogP contribution < -0.4 is 10.1 Å². The fourth-order valence-corrected chi connectivity index (χ4v) is 7.24. The second-order valence-electron chi connectivity index (χ2n) is 8.24. The number of aromatic nitrogens is 1. The SMILES string of the molecule is Cc1c(S(=O)(=O)CCCNCCOc2ccc3c(ccn3C(C)C(=O)O)c2)sc2ccccc12. The van der Waals surface area contributed by atoms with Gasteiger partial charge in [0.1, 0.15) is 22.6 Å². The summed E-state index contributed by atoms with van der Waals surface area (Å²) in [5.74, 6) is -0.0646. The second kappa shape index (κ2) is 10.2. The molecule has 180 valence electrons. The van der Waals surface area contributed by atoms with Crippen LogP contribution in [0.3, 0.4) is 0 Å². The van der Waals surface area contributed by atoms with Crippen LogP contribution in [0.4, 0.5) is 0 Å². The number of ether oxygens (including phenoxy) is 1. The van der Waals surface area contributed by atoms with Gasteiger partial charge in [0, 0.05) is 28.3 Å². The summed E-state index contributed by atoms with van der Waals surface area (Å²) in [4.78, 5) is 11.3. The molecule has 0 aliphatic carbocycles. The van der Waals surface area contributed by atoms with E-state index in [4.69, 9.17) is 4.74 Å². The Kier molecular flexibility index (Phi) is 7.25. The maximum atomic E-state index is 12.8.